The molecule has 5 nitrogen and oxygen atoms in total. The van der Waals surface area contributed by atoms with Gasteiger partial charge in [0.25, 0.3) is 5.91 Å². The van der Waals surface area contributed by atoms with Crippen LogP contribution in [0.4, 0.5) is 5.69 Å². The number of nitrogens with zero attached hydrogens (tertiary/aromatic N) is 1. The molecule has 0 atom stereocenters. The van der Waals surface area contributed by atoms with Gasteiger partial charge in [-0.1, -0.05) is 0 Å². The molecular weight excluding hydrogens is 272 g/mol. The molecule has 0 aliphatic heterocycles. The molecule has 0 saturated carbocycles. The lowest BCUT2D eigenvalue weighted by atomic mass is 10.3. The highest BCUT2D eigenvalue weighted by atomic mass is 32.1. The fourth-order valence-electron chi connectivity index (χ4n) is 1.36. The van der Waals surface area contributed by atoms with Gasteiger partial charge in [0.2, 0.25) is 0 Å². The lowest BCUT2D eigenvalue weighted by molar-refractivity contribution is 0.0607. The van der Waals surface area contributed by atoms with Crippen LogP contribution in [0.1, 0.15) is 25.0 Å². The van der Waals surface area contributed by atoms with E-state index in [4.69, 9.17) is 0 Å². The molecule has 0 saturated heterocycles. The van der Waals surface area contributed by atoms with Crippen molar-refractivity contribution in [3.63, 3.8) is 0 Å². The van der Waals surface area contributed by atoms with Crippen molar-refractivity contribution in [1.29, 1.82) is 0 Å². The van der Waals surface area contributed by atoms with E-state index in [1.807, 2.05) is 0 Å². The molecule has 18 heavy (non-hydrogen) atoms. The molecule has 1 N–H and O–H groups in total. The number of hydrogen-bond acceptors (Lipinski definition) is 6. The van der Waals surface area contributed by atoms with E-state index in [1.54, 1.807) is 23.9 Å². The summed E-state index contributed by atoms with van der Waals surface area (Å²) in [6, 6.07) is 1.67. The molecule has 0 bridgehead atoms. The third-order valence-electron chi connectivity index (χ3n) is 2.24. The Kier molecular flexibility index (Phi) is 3.73. The number of thiophene rings is 1. The van der Waals surface area contributed by atoms with E-state index < -0.39 is 5.97 Å². The predicted molar refractivity (Wildman–Crippen MR) is 70.5 cm³/mol. The zero-order chi connectivity index (χ0) is 13.1. The second kappa shape index (κ2) is 5.28. The summed E-state index contributed by atoms with van der Waals surface area (Å²) in [7, 11) is 1.31. The summed E-state index contributed by atoms with van der Waals surface area (Å²) in [5.74, 6) is -0.722. The highest BCUT2D eigenvalue weighted by Gasteiger charge is 2.18. The van der Waals surface area contributed by atoms with Crippen molar-refractivity contribution in [3.8, 4) is 0 Å². The number of nitrogens with one attached hydrogen (secondary N) is 1. The Morgan fingerprint density at radius 3 is 2.72 bits per heavy atom. The van der Waals surface area contributed by atoms with Crippen molar-refractivity contribution in [2.45, 2.75) is 6.92 Å². The second-order valence-electron chi connectivity index (χ2n) is 3.38. The van der Waals surface area contributed by atoms with Crippen LogP contribution in [-0.2, 0) is 4.74 Å². The van der Waals surface area contributed by atoms with E-state index in [-0.39, 0.29) is 5.91 Å². The van der Waals surface area contributed by atoms with Gasteiger partial charge < -0.3 is 10.1 Å². The van der Waals surface area contributed by atoms with Crippen LogP contribution in [0, 0.1) is 6.92 Å². The Balaban J connectivity index is 2.20. The van der Waals surface area contributed by atoms with Crippen molar-refractivity contribution in [1.82, 2.24) is 4.98 Å². The van der Waals surface area contributed by atoms with E-state index in [9.17, 15) is 9.59 Å². The van der Waals surface area contributed by atoms with Crippen molar-refractivity contribution in [2.75, 3.05) is 12.4 Å². The first-order chi connectivity index (χ1) is 8.63. The molecule has 0 aromatic carbocycles. The molecule has 2 aromatic heterocycles. The van der Waals surface area contributed by atoms with Gasteiger partial charge in [-0.15, -0.1) is 22.7 Å². The van der Waals surface area contributed by atoms with Gasteiger partial charge in [-0.2, -0.15) is 0 Å². The number of hydrogen-bond donors (Lipinski definition) is 1. The third kappa shape index (κ3) is 2.41. The normalized spacial score (nSPS) is 10.1. The van der Waals surface area contributed by atoms with Crippen LogP contribution in [0.2, 0.25) is 0 Å². The Labute approximate surface area is 111 Å². The van der Waals surface area contributed by atoms with Crippen LogP contribution in [0.15, 0.2) is 17.0 Å². The van der Waals surface area contributed by atoms with Crippen LogP contribution in [0.5, 0.6) is 0 Å². The molecule has 0 unspecified atom stereocenters. The number of anilines is 1. The number of carbonyl (C=O) groups excluding carboxylic acids is 2. The smallest absolute Gasteiger partial charge is 0.350 e. The first-order valence-electron chi connectivity index (χ1n) is 5.00. The van der Waals surface area contributed by atoms with Gasteiger partial charge in [0, 0.05) is 0 Å². The summed E-state index contributed by atoms with van der Waals surface area (Å²) in [6.45, 7) is 1.76. The van der Waals surface area contributed by atoms with Crippen molar-refractivity contribution >= 4 is 40.2 Å². The average molecular weight is 282 g/mol. The number of amides is 1. The summed E-state index contributed by atoms with van der Waals surface area (Å²) in [5.41, 5.74) is 2.75. The van der Waals surface area contributed by atoms with Crippen LogP contribution >= 0.6 is 22.7 Å². The SMILES string of the molecule is COC(=O)c1sccc1NC(=O)c1scnc1C. The summed E-state index contributed by atoms with van der Waals surface area (Å²) in [6.07, 6.45) is 0. The van der Waals surface area contributed by atoms with Crippen LogP contribution in [0.25, 0.3) is 0 Å². The van der Waals surface area contributed by atoms with Crippen molar-refractivity contribution in [3.05, 3.63) is 32.4 Å². The van der Waals surface area contributed by atoms with Gasteiger partial charge in [0.1, 0.15) is 9.75 Å². The fraction of sp³-hybridized carbons (Fsp3) is 0.182. The topological polar surface area (TPSA) is 68.3 Å². The minimum atomic E-state index is -0.457. The summed E-state index contributed by atoms with van der Waals surface area (Å²) in [5, 5.41) is 4.41. The monoisotopic (exact) mass is 282 g/mol. The first-order valence-corrected chi connectivity index (χ1v) is 6.76. The Morgan fingerprint density at radius 2 is 2.11 bits per heavy atom. The Bertz CT molecular complexity index is 589. The van der Waals surface area contributed by atoms with Crippen LogP contribution in [0.3, 0.4) is 0 Å². The van der Waals surface area contributed by atoms with Crippen molar-refractivity contribution < 1.29 is 14.3 Å². The van der Waals surface area contributed by atoms with Crippen LogP contribution < -0.4 is 5.32 Å². The number of esters is 1. The average Bonchev–Trinajstić information content (AvgIpc) is 2.97. The standard InChI is InChI=1S/C11H10N2O3S2/c1-6-8(18-5-12-6)10(14)13-7-3-4-17-9(7)11(15)16-2/h3-5H,1-2H3,(H,13,14). The highest BCUT2D eigenvalue weighted by molar-refractivity contribution is 7.13. The molecule has 0 spiro atoms. The second-order valence-corrected chi connectivity index (χ2v) is 5.15. The molecule has 94 valence electrons. The van der Waals surface area contributed by atoms with Gasteiger partial charge in [0.15, 0.2) is 0 Å². The maximum atomic E-state index is 12.0. The number of aryl methyl sites for hydroxylation is 1. The van der Waals surface area contributed by atoms with E-state index in [0.717, 1.165) is 0 Å². The molecule has 0 aliphatic carbocycles. The number of rotatable bonds is 3. The molecule has 0 aliphatic rings. The number of methoxy groups -OCH3 is 1. The molecule has 1 amide bonds. The van der Waals surface area contributed by atoms with E-state index in [2.05, 4.69) is 15.0 Å². The van der Waals surface area contributed by atoms with Crippen LogP contribution in [-0.4, -0.2) is 24.0 Å². The summed E-state index contributed by atoms with van der Waals surface area (Å²) < 4.78 is 4.64. The van der Waals surface area contributed by atoms with Crippen molar-refractivity contribution in [2.24, 2.45) is 0 Å². The van der Waals surface area contributed by atoms with Gasteiger partial charge in [-0.25, -0.2) is 9.78 Å². The van der Waals surface area contributed by atoms with E-state index >= 15 is 0 Å². The quantitative estimate of drug-likeness (QED) is 0.878. The number of thiazole rings is 1. The number of aromatic nitrogens is 1. The van der Waals surface area contributed by atoms with E-state index in [0.29, 0.717) is 21.1 Å². The van der Waals surface area contributed by atoms with Gasteiger partial charge in [0.05, 0.1) is 24.0 Å². The minimum absolute atomic E-state index is 0.265. The molecule has 2 heterocycles. The van der Waals surface area contributed by atoms with E-state index in [1.165, 1.54) is 29.8 Å². The zero-order valence-electron chi connectivity index (χ0n) is 9.72. The van der Waals surface area contributed by atoms with Gasteiger partial charge >= 0.3 is 5.97 Å². The molecular formula is C11H10N2O3S2. The Morgan fingerprint density at radius 1 is 1.33 bits per heavy atom. The molecule has 2 rings (SSSR count). The predicted octanol–water partition coefficient (Wildman–Crippen LogP) is 2.55. The van der Waals surface area contributed by atoms with Gasteiger partial charge in [-0.05, 0) is 18.4 Å². The molecule has 2 aromatic rings. The maximum Gasteiger partial charge on any atom is 0.350 e. The molecule has 0 radical (unpaired) electrons. The lowest BCUT2D eigenvalue weighted by Crippen LogP contribution is -2.13. The number of carbonyl (C=O) groups is 2. The summed E-state index contributed by atoms with van der Waals surface area (Å²) >= 11 is 2.49. The maximum absolute atomic E-state index is 12.0. The molecule has 0 fully saturated rings. The summed E-state index contributed by atoms with van der Waals surface area (Å²) in [4.78, 5) is 28.4. The first kappa shape index (κ1) is 12.7. The fourth-order valence-corrected chi connectivity index (χ4v) is 2.82. The lowest BCUT2D eigenvalue weighted by Gasteiger charge is -2.04. The zero-order valence-corrected chi connectivity index (χ0v) is 11.4. The largest absolute Gasteiger partial charge is 0.465 e. The molecule has 7 heteroatoms. The minimum Gasteiger partial charge on any atom is -0.465 e. The number of ether oxygens (including phenoxy) is 1. The highest BCUT2D eigenvalue weighted by Crippen LogP contribution is 2.24. The van der Waals surface area contributed by atoms with Gasteiger partial charge in [-0.3, -0.25) is 4.79 Å². The third-order valence-corrected chi connectivity index (χ3v) is 4.06. The Hall–Kier alpha value is -1.73.